The van der Waals surface area contributed by atoms with E-state index in [-0.39, 0.29) is 11.8 Å². The number of amides is 2. The number of nitrogens with one attached hydrogen (secondary N) is 2. The number of piperidine rings is 2. The van der Waals surface area contributed by atoms with E-state index in [1.165, 1.54) is 26.2 Å². The van der Waals surface area contributed by atoms with Crippen molar-refractivity contribution in [2.75, 3.05) is 36.4 Å². The number of nitrogens with zero attached hydrogens (tertiary/aromatic N) is 3. The van der Waals surface area contributed by atoms with Gasteiger partial charge in [0.2, 0.25) is 5.91 Å². The minimum atomic E-state index is -0.166. The summed E-state index contributed by atoms with van der Waals surface area (Å²) in [7, 11) is 0. The van der Waals surface area contributed by atoms with E-state index in [9.17, 15) is 9.59 Å². The Morgan fingerprint density at radius 1 is 1.09 bits per heavy atom. The lowest BCUT2D eigenvalue weighted by Gasteiger charge is -2.32. The topological polar surface area (TPSA) is 77.6 Å². The highest BCUT2D eigenvalue weighted by atomic mass is 32.1. The number of carbonyl (C=O) groups is 2. The Bertz CT molecular complexity index is 978. The van der Waals surface area contributed by atoms with E-state index in [2.05, 4.69) is 26.6 Å². The van der Waals surface area contributed by atoms with Crippen LogP contribution in [0.3, 0.4) is 0 Å². The van der Waals surface area contributed by atoms with E-state index in [0.717, 1.165) is 55.4 Å². The molecule has 0 aliphatic carbocycles. The van der Waals surface area contributed by atoms with Crippen LogP contribution in [0.1, 0.15) is 60.4 Å². The summed E-state index contributed by atoms with van der Waals surface area (Å²) < 4.78 is 0. The number of thiocarbonyl (C=S) groups is 1. The molecule has 170 valence electrons. The van der Waals surface area contributed by atoms with Gasteiger partial charge in [0, 0.05) is 44.4 Å². The van der Waals surface area contributed by atoms with Gasteiger partial charge in [-0.05, 0) is 56.5 Å². The maximum Gasteiger partial charge on any atom is 0.275 e. The van der Waals surface area contributed by atoms with Crippen LogP contribution in [0, 0.1) is 0 Å². The van der Waals surface area contributed by atoms with E-state index in [4.69, 9.17) is 12.2 Å². The Balaban J connectivity index is 1.37. The van der Waals surface area contributed by atoms with Crippen LogP contribution in [0.15, 0.2) is 29.6 Å². The number of likely N-dealkylation sites (tertiary alicyclic amines) is 1. The maximum atomic E-state index is 12.9. The van der Waals surface area contributed by atoms with Gasteiger partial charge in [-0.1, -0.05) is 12.1 Å². The van der Waals surface area contributed by atoms with Crippen molar-refractivity contribution in [2.45, 2.75) is 44.9 Å². The van der Waals surface area contributed by atoms with Gasteiger partial charge in [0.1, 0.15) is 5.69 Å². The molecule has 2 N–H and O–H groups in total. The lowest BCUT2D eigenvalue weighted by Crippen LogP contribution is -2.45. The smallest absolute Gasteiger partial charge is 0.275 e. The molecule has 0 spiro atoms. The Hall–Kier alpha value is -2.52. The Labute approximate surface area is 198 Å². The number of benzene rings is 1. The first-order valence-corrected chi connectivity index (χ1v) is 12.5. The van der Waals surface area contributed by atoms with E-state index < -0.39 is 0 Å². The number of carbonyl (C=O) groups excluding carboxylic acids is 2. The number of para-hydroxylation sites is 2. The van der Waals surface area contributed by atoms with Crippen LogP contribution in [0.25, 0.3) is 0 Å². The SMILES string of the molecule is CC(=O)NC(=S)N1CCC(c2nc(C(=O)Nc3ccccc3N3CCCCC3)cs2)CC1. The highest BCUT2D eigenvalue weighted by molar-refractivity contribution is 7.80. The predicted molar refractivity (Wildman–Crippen MR) is 133 cm³/mol. The monoisotopic (exact) mass is 471 g/mol. The Morgan fingerprint density at radius 3 is 2.53 bits per heavy atom. The predicted octanol–water partition coefficient (Wildman–Crippen LogP) is 3.99. The van der Waals surface area contributed by atoms with Crippen molar-refractivity contribution >= 4 is 51.9 Å². The van der Waals surface area contributed by atoms with Crippen LogP contribution >= 0.6 is 23.6 Å². The second-order valence-corrected chi connectivity index (χ2v) is 9.61. The molecule has 0 bridgehead atoms. The van der Waals surface area contributed by atoms with Gasteiger partial charge < -0.3 is 20.4 Å². The van der Waals surface area contributed by atoms with Crippen molar-refractivity contribution in [1.82, 2.24) is 15.2 Å². The van der Waals surface area contributed by atoms with Gasteiger partial charge in [-0.3, -0.25) is 9.59 Å². The molecule has 4 rings (SSSR count). The second-order valence-electron chi connectivity index (χ2n) is 8.34. The van der Waals surface area contributed by atoms with Crippen LogP contribution in [0.2, 0.25) is 0 Å². The van der Waals surface area contributed by atoms with E-state index in [1.54, 1.807) is 11.3 Å². The number of rotatable bonds is 4. The van der Waals surface area contributed by atoms with Crippen LogP contribution in [-0.2, 0) is 4.79 Å². The summed E-state index contributed by atoms with van der Waals surface area (Å²) in [5.41, 5.74) is 2.39. The first-order chi connectivity index (χ1) is 15.5. The standard InChI is InChI=1S/C23H29N5O2S2/c1-16(29)24-23(31)28-13-9-17(10-14-28)22-26-19(15-32-22)21(30)25-18-7-3-4-8-20(18)27-11-5-2-6-12-27/h3-4,7-8,15,17H,2,5-6,9-14H2,1H3,(H,25,30)(H,24,29,31). The molecule has 3 heterocycles. The Morgan fingerprint density at radius 2 is 1.81 bits per heavy atom. The third kappa shape index (κ3) is 5.45. The van der Waals surface area contributed by atoms with Gasteiger partial charge in [0.25, 0.3) is 5.91 Å². The lowest BCUT2D eigenvalue weighted by atomic mass is 9.98. The van der Waals surface area contributed by atoms with Crippen molar-refractivity contribution < 1.29 is 9.59 Å². The van der Waals surface area contributed by atoms with Gasteiger partial charge in [0.15, 0.2) is 5.11 Å². The van der Waals surface area contributed by atoms with E-state index >= 15 is 0 Å². The third-order valence-electron chi connectivity index (χ3n) is 6.02. The van der Waals surface area contributed by atoms with Crippen molar-refractivity contribution in [3.05, 3.63) is 40.3 Å². The molecule has 2 saturated heterocycles. The summed E-state index contributed by atoms with van der Waals surface area (Å²) in [5.74, 6) is -0.00522. The van der Waals surface area contributed by atoms with Crippen molar-refractivity contribution in [2.24, 2.45) is 0 Å². The zero-order valence-electron chi connectivity index (χ0n) is 18.3. The summed E-state index contributed by atoms with van der Waals surface area (Å²) >= 11 is 6.83. The molecule has 1 aromatic carbocycles. The van der Waals surface area contributed by atoms with Gasteiger partial charge in [-0.2, -0.15) is 0 Å². The molecule has 2 aliphatic heterocycles. The molecule has 0 saturated carbocycles. The quantitative estimate of drug-likeness (QED) is 0.657. The number of hydrogen-bond acceptors (Lipinski definition) is 6. The minimum Gasteiger partial charge on any atom is -0.370 e. The summed E-state index contributed by atoms with van der Waals surface area (Å²) in [6.45, 7) is 5.06. The molecule has 9 heteroatoms. The molecule has 2 amide bonds. The number of thiazole rings is 1. The van der Waals surface area contributed by atoms with Crippen molar-refractivity contribution in [3.63, 3.8) is 0 Å². The lowest BCUT2D eigenvalue weighted by molar-refractivity contribution is -0.117. The largest absolute Gasteiger partial charge is 0.370 e. The molecule has 2 aliphatic rings. The summed E-state index contributed by atoms with van der Waals surface area (Å²) in [4.78, 5) is 33.2. The first-order valence-electron chi connectivity index (χ1n) is 11.2. The Kier molecular flexibility index (Phi) is 7.36. The van der Waals surface area contributed by atoms with Crippen molar-refractivity contribution in [1.29, 1.82) is 0 Å². The molecule has 2 aromatic rings. The van der Waals surface area contributed by atoms with Gasteiger partial charge >= 0.3 is 0 Å². The fourth-order valence-electron chi connectivity index (χ4n) is 4.31. The molecule has 0 atom stereocenters. The van der Waals surface area contributed by atoms with Crippen LogP contribution < -0.4 is 15.5 Å². The fourth-order valence-corrected chi connectivity index (χ4v) is 5.61. The normalized spacial score (nSPS) is 17.2. The maximum absolute atomic E-state index is 12.9. The molecule has 1 aromatic heterocycles. The van der Waals surface area contributed by atoms with Crippen LogP contribution in [-0.4, -0.2) is 53.0 Å². The average Bonchev–Trinajstić information content (AvgIpc) is 3.30. The second kappa shape index (κ2) is 10.4. The van der Waals surface area contributed by atoms with E-state index in [1.807, 2.05) is 28.5 Å². The third-order valence-corrected chi connectivity index (χ3v) is 7.39. The molecule has 2 fully saturated rings. The summed E-state index contributed by atoms with van der Waals surface area (Å²) in [6, 6.07) is 8.01. The summed E-state index contributed by atoms with van der Waals surface area (Å²) in [6.07, 6.45) is 5.43. The first kappa shape index (κ1) is 22.7. The molecular weight excluding hydrogens is 442 g/mol. The van der Waals surface area contributed by atoms with Gasteiger partial charge in [-0.25, -0.2) is 4.98 Å². The number of anilines is 2. The molecule has 0 unspecified atom stereocenters. The van der Waals surface area contributed by atoms with E-state index in [0.29, 0.717) is 16.7 Å². The van der Waals surface area contributed by atoms with Crippen molar-refractivity contribution in [3.8, 4) is 0 Å². The zero-order valence-corrected chi connectivity index (χ0v) is 19.9. The van der Waals surface area contributed by atoms with Crippen LogP contribution in [0.5, 0.6) is 0 Å². The molecule has 32 heavy (non-hydrogen) atoms. The number of hydrogen-bond donors (Lipinski definition) is 2. The zero-order chi connectivity index (χ0) is 22.5. The molecule has 7 nitrogen and oxygen atoms in total. The average molecular weight is 472 g/mol. The van der Waals surface area contributed by atoms with Crippen LogP contribution in [0.4, 0.5) is 11.4 Å². The fraction of sp³-hybridized carbons (Fsp3) is 0.478. The molecule has 0 radical (unpaired) electrons. The van der Waals surface area contributed by atoms with Gasteiger partial charge in [0.05, 0.1) is 16.4 Å². The summed E-state index contributed by atoms with van der Waals surface area (Å²) in [5, 5.41) is 9.09. The minimum absolute atomic E-state index is 0.144. The highest BCUT2D eigenvalue weighted by Gasteiger charge is 2.26. The highest BCUT2D eigenvalue weighted by Crippen LogP contribution is 2.32. The molecular formula is C23H29N5O2S2. The van der Waals surface area contributed by atoms with Gasteiger partial charge in [-0.15, -0.1) is 11.3 Å². The number of aromatic nitrogens is 1.